The SMILES string of the molecule is CCCNC(C)(CO)COc1ccccc1OCC. The Labute approximate surface area is 115 Å². The molecule has 0 saturated carbocycles. The molecule has 0 spiro atoms. The lowest BCUT2D eigenvalue weighted by molar-refractivity contribution is 0.114. The molecule has 19 heavy (non-hydrogen) atoms. The van der Waals surface area contributed by atoms with Crippen LogP contribution in [0.4, 0.5) is 0 Å². The van der Waals surface area contributed by atoms with Gasteiger partial charge in [0.2, 0.25) is 0 Å². The number of rotatable bonds is 9. The number of ether oxygens (including phenoxy) is 2. The molecule has 1 rings (SSSR count). The lowest BCUT2D eigenvalue weighted by Crippen LogP contribution is -2.50. The maximum absolute atomic E-state index is 9.49. The standard InChI is InChI=1S/C15H25NO3/c1-4-10-16-15(3,11-17)12-19-14-9-7-6-8-13(14)18-5-2/h6-9,16-17H,4-5,10-12H2,1-3H3. The van der Waals surface area contributed by atoms with Crippen LogP contribution < -0.4 is 14.8 Å². The first kappa shape index (κ1) is 15.8. The van der Waals surface area contributed by atoms with Gasteiger partial charge in [-0.2, -0.15) is 0 Å². The highest BCUT2D eigenvalue weighted by molar-refractivity contribution is 5.39. The van der Waals surface area contributed by atoms with Crippen molar-refractivity contribution in [2.45, 2.75) is 32.7 Å². The van der Waals surface area contributed by atoms with Crippen molar-refractivity contribution in [3.8, 4) is 11.5 Å². The molecule has 2 N–H and O–H groups in total. The zero-order valence-electron chi connectivity index (χ0n) is 12.1. The quantitative estimate of drug-likeness (QED) is 0.720. The molecular formula is C15H25NO3. The Morgan fingerprint density at radius 3 is 2.32 bits per heavy atom. The van der Waals surface area contributed by atoms with Crippen molar-refractivity contribution >= 4 is 0 Å². The molecule has 0 aromatic heterocycles. The second-order valence-corrected chi connectivity index (χ2v) is 4.81. The van der Waals surface area contributed by atoms with Gasteiger partial charge in [0.15, 0.2) is 11.5 Å². The van der Waals surface area contributed by atoms with Gasteiger partial charge in [0.1, 0.15) is 6.61 Å². The third kappa shape index (κ3) is 5.09. The molecular weight excluding hydrogens is 242 g/mol. The summed E-state index contributed by atoms with van der Waals surface area (Å²) in [6.45, 7) is 7.87. The van der Waals surface area contributed by atoms with E-state index in [0.29, 0.717) is 19.0 Å². The maximum Gasteiger partial charge on any atom is 0.161 e. The van der Waals surface area contributed by atoms with Crippen LogP contribution in [0.15, 0.2) is 24.3 Å². The van der Waals surface area contributed by atoms with E-state index in [2.05, 4.69) is 12.2 Å². The van der Waals surface area contributed by atoms with Gasteiger partial charge in [0, 0.05) is 0 Å². The fourth-order valence-corrected chi connectivity index (χ4v) is 1.66. The summed E-state index contributed by atoms with van der Waals surface area (Å²) in [5.41, 5.74) is -0.435. The van der Waals surface area contributed by atoms with Gasteiger partial charge < -0.3 is 19.9 Å². The molecule has 4 nitrogen and oxygen atoms in total. The Morgan fingerprint density at radius 2 is 1.79 bits per heavy atom. The van der Waals surface area contributed by atoms with Crippen LogP contribution in [0.25, 0.3) is 0 Å². The van der Waals surface area contributed by atoms with Gasteiger partial charge in [-0.25, -0.2) is 0 Å². The van der Waals surface area contributed by atoms with Crippen molar-refractivity contribution < 1.29 is 14.6 Å². The topological polar surface area (TPSA) is 50.7 Å². The van der Waals surface area contributed by atoms with Crippen LogP contribution in [-0.2, 0) is 0 Å². The summed E-state index contributed by atoms with van der Waals surface area (Å²) in [7, 11) is 0. The van der Waals surface area contributed by atoms with Crippen molar-refractivity contribution in [3.63, 3.8) is 0 Å². The van der Waals surface area contributed by atoms with Gasteiger partial charge in [-0.05, 0) is 38.9 Å². The Hall–Kier alpha value is -1.26. The van der Waals surface area contributed by atoms with Crippen molar-refractivity contribution in [1.82, 2.24) is 5.32 Å². The molecule has 1 aromatic carbocycles. The predicted octanol–water partition coefficient (Wildman–Crippen LogP) is 2.21. The van der Waals surface area contributed by atoms with Gasteiger partial charge in [-0.3, -0.25) is 0 Å². The summed E-state index contributed by atoms with van der Waals surface area (Å²) in [6.07, 6.45) is 1.02. The first-order valence-corrected chi connectivity index (χ1v) is 6.85. The first-order valence-electron chi connectivity index (χ1n) is 6.85. The van der Waals surface area contributed by atoms with E-state index in [9.17, 15) is 5.11 Å². The van der Waals surface area contributed by atoms with Crippen molar-refractivity contribution in [2.24, 2.45) is 0 Å². The minimum absolute atomic E-state index is 0.0315. The van der Waals surface area contributed by atoms with E-state index < -0.39 is 5.54 Å². The summed E-state index contributed by atoms with van der Waals surface area (Å²) in [4.78, 5) is 0. The van der Waals surface area contributed by atoms with Crippen LogP contribution in [0, 0.1) is 0 Å². The largest absolute Gasteiger partial charge is 0.490 e. The Balaban J connectivity index is 2.63. The van der Waals surface area contributed by atoms with E-state index in [1.165, 1.54) is 0 Å². The fraction of sp³-hybridized carbons (Fsp3) is 0.600. The zero-order chi connectivity index (χ0) is 14.1. The Morgan fingerprint density at radius 1 is 1.16 bits per heavy atom. The third-order valence-electron chi connectivity index (χ3n) is 2.85. The molecule has 1 atom stereocenters. The second kappa shape index (κ2) is 8.02. The Bertz CT molecular complexity index is 370. The smallest absolute Gasteiger partial charge is 0.161 e. The Kier molecular flexibility index (Phi) is 6.67. The molecule has 0 aliphatic heterocycles. The number of hydrogen-bond donors (Lipinski definition) is 2. The van der Waals surface area contributed by atoms with E-state index in [0.717, 1.165) is 18.7 Å². The normalized spacial score (nSPS) is 13.9. The minimum atomic E-state index is -0.435. The van der Waals surface area contributed by atoms with Crippen molar-refractivity contribution in [2.75, 3.05) is 26.4 Å². The second-order valence-electron chi connectivity index (χ2n) is 4.81. The van der Waals surface area contributed by atoms with Crippen LogP contribution in [0.2, 0.25) is 0 Å². The van der Waals surface area contributed by atoms with Gasteiger partial charge in [-0.1, -0.05) is 19.1 Å². The number of hydrogen-bond acceptors (Lipinski definition) is 4. The highest BCUT2D eigenvalue weighted by Gasteiger charge is 2.23. The number of benzene rings is 1. The van der Waals surface area contributed by atoms with Crippen LogP contribution in [-0.4, -0.2) is 37.0 Å². The third-order valence-corrected chi connectivity index (χ3v) is 2.85. The molecule has 0 fully saturated rings. The van der Waals surface area contributed by atoms with Crippen LogP contribution in [0.5, 0.6) is 11.5 Å². The molecule has 1 unspecified atom stereocenters. The molecule has 0 heterocycles. The van der Waals surface area contributed by atoms with E-state index >= 15 is 0 Å². The summed E-state index contributed by atoms with van der Waals surface area (Å²) in [5.74, 6) is 1.45. The van der Waals surface area contributed by atoms with Crippen molar-refractivity contribution in [3.05, 3.63) is 24.3 Å². The van der Waals surface area contributed by atoms with E-state index in [1.807, 2.05) is 38.1 Å². The van der Waals surface area contributed by atoms with Crippen LogP contribution in [0.1, 0.15) is 27.2 Å². The summed E-state index contributed by atoms with van der Waals surface area (Å²) >= 11 is 0. The summed E-state index contributed by atoms with van der Waals surface area (Å²) in [5, 5.41) is 12.8. The molecule has 108 valence electrons. The average molecular weight is 267 g/mol. The van der Waals surface area contributed by atoms with Gasteiger partial charge in [0.05, 0.1) is 18.8 Å². The molecule has 0 bridgehead atoms. The van der Waals surface area contributed by atoms with Crippen LogP contribution >= 0.6 is 0 Å². The highest BCUT2D eigenvalue weighted by Crippen LogP contribution is 2.27. The highest BCUT2D eigenvalue weighted by atomic mass is 16.5. The van der Waals surface area contributed by atoms with Gasteiger partial charge >= 0.3 is 0 Å². The van der Waals surface area contributed by atoms with E-state index in [4.69, 9.17) is 9.47 Å². The van der Waals surface area contributed by atoms with Gasteiger partial charge in [-0.15, -0.1) is 0 Å². The number of para-hydroxylation sites is 2. The lowest BCUT2D eigenvalue weighted by Gasteiger charge is -2.29. The fourth-order valence-electron chi connectivity index (χ4n) is 1.66. The molecule has 0 aliphatic rings. The van der Waals surface area contributed by atoms with E-state index in [1.54, 1.807) is 0 Å². The molecule has 0 radical (unpaired) electrons. The monoisotopic (exact) mass is 267 g/mol. The predicted molar refractivity (Wildman–Crippen MR) is 76.9 cm³/mol. The molecule has 4 heteroatoms. The number of aliphatic hydroxyl groups excluding tert-OH is 1. The summed E-state index contributed by atoms with van der Waals surface area (Å²) < 4.78 is 11.3. The zero-order valence-corrected chi connectivity index (χ0v) is 12.1. The molecule has 0 aliphatic carbocycles. The minimum Gasteiger partial charge on any atom is -0.490 e. The molecule has 0 saturated heterocycles. The van der Waals surface area contributed by atoms with Gasteiger partial charge in [0.25, 0.3) is 0 Å². The van der Waals surface area contributed by atoms with E-state index in [-0.39, 0.29) is 6.61 Å². The number of aliphatic hydroxyl groups is 1. The average Bonchev–Trinajstić information content (AvgIpc) is 2.44. The van der Waals surface area contributed by atoms with Crippen molar-refractivity contribution in [1.29, 1.82) is 0 Å². The maximum atomic E-state index is 9.49. The molecule has 0 amide bonds. The molecule has 1 aromatic rings. The van der Waals surface area contributed by atoms with Crippen LogP contribution in [0.3, 0.4) is 0 Å². The number of nitrogens with one attached hydrogen (secondary N) is 1. The summed E-state index contributed by atoms with van der Waals surface area (Å²) in [6, 6.07) is 7.59. The first-order chi connectivity index (χ1) is 9.15. The lowest BCUT2D eigenvalue weighted by atomic mass is 10.1.